The number of carboxylic acid groups (broad SMARTS) is 1. The molecule has 0 aromatic heterocycles. The molecule has 9 heteroatoms. The van der Waals surface area contributed by atoms with Gasteiger partial charge in [0.1, 0.15) is 12.1 Å². The first-order chi connectivity index (χ1) is 11.8. The van der Waals surface area contributed by atoms with Crippen LogP contribution in [0.4, 0.5) is 0 Å². The van der Waals surface area contributed by atoms with Crippen LogP contribution < -0.4 is 21.7 Å². The summed E-state index contributed by atoms with van der Waals surface area (Å²) in [6.07, 6.45) is 0.124. The highest BCUT2D eigenvalue weighted by molar-refractivity contribution is 5.91. The lowest BCUT2D eigenvalue weighted by Crippen LogP contribution is -2.50. The molecule has 0 aliphatic rings. The molecule has 2 unspecified atom stereocenters. The molecule has 0 radical (unpaired) electrons. The van der Waals surface area contributed by atoms with Crippen LogP contribution in [0.5, 0.6) is 0 Å². The summed E-state index contributed by atoms with van der Waals surface area (Å²) in [5.41, 5.74) is 5.89. The Bertz CT molecular complexity index is 620. The molecule has 1 rings (SSSR count). The molecule has 0 saturated carbocycles. The number of aliphatic carboxylic acids is 1. The Morgan fingerprint density at radius 3 is 2.28 bits per heavy atom. The van der Waals surface area contributed by atoms with Crippen molar-refractivity contribution in [2.45, 2.75) is 25.4 Å². The number of carboxylic acids is 1. The van der Waals surface area contributed by atoms with E-state index in [1.165, 1.54) is 6.92 Å². The summed E-state index contributed by atoms with van der Waals surface area (Å²) in [7, 11) is 0. The quantitative estimate of drug-likeness (QED) is 0.361. The Balaban J connectivity index is 2.48. The molecule has 136 valence electrons. The summed E-state index contributed by atoms with van der Waals surface area (Å²) < 4.78 is 0. The maximum Gasteiger partial charge on any atom is 0.326 e. The van der Waals surface area contributed by atoms with Gasteiger partial charge in [-0.25, -0.2) is 4.79 Å². The standard InChI is InChI=1S/C16H22N4O5/c1-10(19-13(21)8-17)15(23)18-9-14(22)20-12(16(24)25)7-11-5-3-2-4-6-11/h2-6,10,12H,7-9,17H2,1H3,(H,18,23)(H,19,21)(H,20,22)(H,24,25). The van der Waals surface area contributed by atoms with E-state index in [4.69, 9.17) is 5.73 Å². The number of rotatable bonds is 9. The second kappa shape index (κ2) is 10.0. The van der Waals surface area contributed by atoms with Gasteiger partial charge in [-0.15, -0.1) is 0 Å². The van der Waals surface area contributed by atoms with Crippen LogP contribution in [0, 0.1) is 0 Å². The normalized spacial score (nSPS) is 12.6. The van der Waals surface area contributed by atoms with E-state index in [1.54, 1.807) is 30.3 Å². The number of carbonyl (C=O) groups is 4. The summed E-state index contributed by atoms with van der Waals surface area (Å²) in [4.78, 5) is 46.0. The monoisotopic (exact) mass is 350 g/mol. The SMILES string of the molecule is CC(NC(=O)CN)C(=O)NCC(=O)NC(Cc1ccccc1)C(=O)O. The van der Waals surface area contributed by atoms with Gasteiger partial charge in [0.2, 0.25) is 17.7 Å². The highest BCUT2D eigenvalue weighted by Gasteiger charge is 2.21. The molecule has 6 N–H and O–H groups in total. The van der Waals surface area contributed by atoms with Crippen LogP contribution in [-0.2, 0) is 25.6 Å². The summed E-state index contributed by atoms with van der Waals surface area (Å²) >= 11 is 0. The molecule has 0 heterocycles. The third kappa shape index (κ3) is 7.44. The van der Waals surface area contributed by atoms with Crippen molar-refractivity contribution in [1.29, 1.82) is 0 Å². The molecule has 2 atom stereocenters. The number of nitrogens with one attached hydrogen (secondary N) is 3. The number of amides is 3. The van der Waals surface area contributed by atoms with Crippen molar-refractivity contribution < 1.29 is 24.3 Å². The highest BCUT2D eigenvalue weighted by Crippen LogP contribution is 2.03. The second-order valence-corrected chi connectivity index (χ2v) is 5.36. The van der Waals surface area contributed by atoms with Gasteiger partial charge in [-0.1, -0.05) is 30.3 Å². The minimum atomic E-state index is -1.17. The maximum atomic E-state index is 11.9. The zero-order chi connectivity index (χ0) is 18.8. The van der Waals surface area contributed by atoms with Crippen molar-refractivity contribution in [2.24, 2.45) is 5.73 Å². The lowest BCUT2D eigenvalue weighted by atomic mass is 10.1. The molecule has 0 aliphatic carbocycles. The van der Waals surface area contributed by atoms with Gasteiger partial charge >= 0.3 is 5.97 Å². The predicted molar refractivity (Wildman–Crippen MR) is 89.4 cm³/mol. The van der Waals surface area contributed by atoms with Gasteiger partial charge in [-0.3, -0.25) is 14.4 Å². The third-order valence-electron chi connectivity index (χ3n) is 3.30. The summed E-state index contributed by atoms with van der Waals surface area (Å²) in [5, 5.41) is 16.2. The maximum absolute atomic E-state index is 11.9. The van der Waals surface area contributed by atoms with E-state index in [0.29, 0.717) is 0 Å². The first-order valence-electron chi connectivity index (χ1n) is 7.66. The fourth-order valence-electron chi connectivity index (χ4n) is 1.98. The molecule has 1 aromatic carbocycles. The minimum Gasteiger partial charge on any atom is -0.480 e. The number of nitrogens with two attached hydrogens (primary N) is 1. The van der Waals surface area contributed by atoms with E-state index in [0.717, 1.165) is 5.56 Å². The first kappa shape index (κ1) is 20.1. The van der Waals surface area contributed by atoms with E-state index < -0.39 is 42.3 Å². The van der Waals surface area contributed by atoms with Gasteiger partial charge in [0.25, 0.3) is 0 Å². The summed E-state index contributed by atoms with van der Waals surface area (Å²) in [6, 6.07) is 6.89. The lowest BCUT2D eigenvalue weighted by molar-refractivity contribution is -0.141. The lowest BCUT2D eigenvalue weighted by Gasteiger charge is -2.16. The Morgan fingerprint density at radius 2 is 1.72 bits per heavy atom. The molecule has 0 spiro atoms. The number of carbonyl (C=O) groups excluding carboxylic acids is 3. The Morgan fingerprint density at radius 1 is 1.08 bits per heavy atom. The minimum absolute atomic E-state index is 0.124. The van der Waals surface area contributed by atoms with Gasteiger partial charge in [0, 0.05) is 6.42 Å². The van der Waals surface area contributed by atoms with Crippen LogP contribution in [0.25, 0.3) is 0 Å². The Kier molecular flexibility index (Phi) is 8.07. The summed E-state index contributed by atoms with van der Waals surface area (Å²) in [5.74, 6) is -2.89. The zero-order valence-electron chi connectivity index (χ0n) is 13.8. The fraction of sp³-hybridized carbons (Fsp3) is 0.375. The average Bonchev–Trinajstić information content (AvgIpc) is 2.59. The predicted octanol–water partition coefficient (Wildman–Crippen LogP) is -1.62. The molecule has 9 nitrogen and oxygen atoms in total. The Labute approximate surface area is 145 Å². The van der Waals surface area contributed by atoms with Gasteiger partial charge in [-0.05, 0) is 12.5 Å². The van der Waals surface area contributed by atoms with Crippen molar-refractivity contribution in [3.63, 3.8) is 0 Å². The number of hydrogen-bond donors (Lipinski definition) is 5. The van der Waals surface area contributed by atoms with E-state index >= 15 is 0 Å². The van der Waals surface area contributed by atoms with Crippen LogP contribution in [0.2, 0.25) is 0 Å². The van der Waals surface area contributed by atoms with Gasteiger partial charge in [0.15, 0.2) is 0 Å². The number of benzene rings is 1. The van der Waals surface area contributed by atoms with Crippen LogP contribution in [0.3, 0.4) is 0 Å². The molecule has 0 aliphatic heterocycles. The average molecular weight is 350 g/mol. The van der Waals surface area contributed by atoms with E-state index in [2.05, 4.69) is 16.0 Å². The van der Waals surface area contributed by atoms with Crippen molar-refractivity contribution in [2.75, 3.05) is 13.1 Å². The van der Waals surface area contributed by atoms with Crippen molar-refractivity contribution >= 4 is 23.7 Å². The van der Waals surface area contributed by atoms with Crippen molar-refractivity contribution in [3.8, 4) is 0 Å². The van der Waals surface area contributed by atoms with Crippen molar-refractivity contribution in [1.82, 2.24) is 16.0 Å². The van der Waals surface area contributed by atoms with Gasteiger partial charge in [-0.2, -0.15) is 0 Å². The smallest absolute Gasteiger partial charge is 0.326 e. The van der Waals surface area contributed by atoms with Gasteiger partial charge < -0.3 is 26.8 Å². The molecular weight excluding hydrogens is 328 g/mol. The van der Waals surface area contributed by atoms with Gasteiger partial charge in [0.05, 0.1) is 13.1 Å². The van der Waals surface area contributed by atoms with Crippen LogP contribution >= 0.6 is 0 Å². The van der Waals surface area contributed by atoms with E-state index in [9.17, 15) is 24.3 Å². The first-order valence-corrected chi connectivity index (χ1v) is 7.66. The van der Waals surface area contributed by atoms with E-state index in [-0.39, 0.29) is 13.0 Å². The molecule has 1 aromatic rings. The van der Waals surface area contributed by atoms with E-state index in [1.807, 2.05) is 0 Å². The van der Waals surface area contributed by atoms with Crippen LogP contribution in [0.15, 0.2) is 30.3 Å². The zero-order valence-corrected chi connectivity index (χ0v) is 13.8. The molecule has 0 fully saturated rings. The van der Waals surface area contributed by atoms with Crippen LogP contribution in [-0.4, -0.2) is 54.0 Å². The third-order valence-corrected chi connectivity index (χ3v) is 3.30. The fourth-order valence-corrected chi connectivity index (χ4v) is 1.98. The molecule has 25 heavy (non-hydrogen) atoms. The second-order valence-electron chi connectivity index (χ2n) is 5.36. The van der Waals surface area contributed by atoms with Crippen LogP contribution in [0.1, 0.15) is 12.5 Å². The summed E-state index contributed by atoms with van der Waals surface area (Å²) in [6.45, 7) is 0.786. The largest absolute Gasteiger partial charge is 0.480 e. The Hall–Kier alpha value is -2.94. The topological polar surface area (TPSA) is 151 Å². The highest BCUT2D eigenvalue weighted by atomic mass is 16.4. The number of hydrogen-bond acceptors (Lipinski definition) is 5. The molecule has 0 bridgehead atoms. The molecule has 0 saturated heterocycles. The molecular formula is C16H22N4O5. The van der Waals surface area contributed by atoms with Crippen molar-refractivity contribution in [3.05, 3.63) is 35.9 Å². The molecule has 3 amide bonds.